The van der Waals surface area contributed by atoms with E-state index in [0.717, 1.165) is 12.1 Å². The summed E-state index contributed by atoms with van der Waals surface area (Å²) < 4.78 is 0. The lowest BCUT2D eigenvalue weighted by Crippen LogP contribution is -2.47. The molecule has 0 aromatic carbocycles. The van der Waals surface area contributed by atoms with E-state index in [0.29, 0.717) is 5.41 Å². The van der Waals surface area contributed by atoms with Crippen LogP contribution in [0.25, 0.3) is 0 Å². The van der Waals surface area contributed by atoms with Crippen molar-refractivity contribution >= 4 is 0 Å². The summed E-state index contributed by atoms with van der Waals surface area (Å²) in [5.74, 6) is 0. The first-order valence-electron chi connectivity index (χ1n) is 6.62. The Labute approximate surface area is 94.2 Å². The largest absolute Gasteiger partial charge is 0.317 e. The lowest BCUT2D eigenvalue weighted by molar-refractivity contribution is 0.182. The Morgan fingerprint density at radius 2 is 1.80 bits per heavy atom. The quantitative estimate of drug-likeness (QED) is 0.731. The lowest BCUT2D eigenvalue weighted by Gasteiger charge is -2.38. The first kappa shape index (κ1) is 11.4. The summed E-state index contributed by atoms with van der Waals surface area (Å²) in [6.07, 6.45) is 8.23. The van der Waals surface area contributed by atoms with E-state index in [-0.39, 0.29) is 0 Å². The number of nitrogens with one attached hydrogen (secondary N) is 2. The van der Waals surface area contributed by atoms with E-state index in [4.69, 9.17) is 0 Å². The van der Waals surface area contributed by atoms with Gasteiger partial charge in [-0.1, -0.05) is 20.3 Å². The first-order chi connectivity index (χ1) is 7.16. The molecule has 0 radical (unpaired) electrons. The van der Waals surface area contributed by atoms with Crippen molar-refractivity contribution in [2.75, 3.05) is 13.1 Å². The third kappa shape index (κ3) is 3.46. The predicted molar refractivity (Wildman–Crippen MR) is 65.1 cm³/mol. The van der Waals surface area contributed by atoms with Crippen LogP contribution in [0.2, 0.25) is 0 Å². The topological polar surface area (TPSA) is 24.1 Å². The molecule has 0 bridgehead atoms. The summed E-state index contributed by atoms with van der Waals surface area (Å²) in [6, 6.07) is 1.57. The molecule has 1 atom stereocenters. The normalized spacial score (nSPS) is 32.8. The van der Waals surface area contributed by atoms with E-state index in [1.807, 2.05) is 0 Å². The molecule has 1 heterocycles. The summed E-state index contributed by atoms with van der Waals surface area (Å²) in [6.45, 7) is 7.24. The van der Waals surface area contributed by atoms with E-state index in [2.05, 4.69) is 24.5 Å². The fourth-order valence-corrected chi connectivity index (χ4v) is 3.16. The number of rotatable bonds is 2. The molecule has 1 aliphatic heterocycles. The summed E-state index contributed by atoms with van der Waals surface area (Å²) >= 11 is 0. The minimum atomic E-state index is 0.572. The lowest BCUT2D eigenvalue weighted by atomic mass is 9.75. The number of hydrogen-bond donors (Lipinski definition) is 2. The van der Waals surface area contributed by atoms with Crippen molar-refractivity contribution in [1.29, 1.82) is 0 Å². The van der Waals surface area contributed by atoms with Crippen LogP contribution in [0.5, 0.6) is 0 Å². The molecule has 2 aliphatic rings. The maximum atomic E-state index is 3.87. The highest BCUT2D eigenvalue weighted by molar-refractivity contribution is 4.86. The zero-order valence-corrected chi connectivity index (χ0v) is 10.3. The molecule has 0 spiro atoms. The fraction of sp³-hybridized carbons (Fsp3) is 1.00. The summed E-state index contributed by atoms with van der Waals surface area (Å²) in [7, 11) is 0. The van der Waals surface area contributed by atoms with Crippen LogP contribution >= 0.6 is 0 Å². The zero-order chi connectivity index (χ0) is 10.7. The molecule has 2 N–H and O–H groups in total. The standard InChI is InChI=1S/C13H26N2/c1-13(2)7-3-4-12(10-13)15-11-5-8-14-9-6-11/h11-12,14-15H,3-10H2,1-2H3. The van der Waals surface area contributed by atoms with E-state index in [9.17, 15) is 0 Å². The minimum absolute atomic E-state index is 0.572. The van der Waals surface area contributed by atoms with Crippen molar-refractivity contribution in [1.82, 2.24) is 10.6 Å². The van der Waals surface area contributed by atoms with Crippen molar-refractivity contribution in [3.63, 3.8) is 0 Å². The van der Waals surface area contributed by atoms with Crippen LogP contribution in [-0.2, 0) is 0 Å². The van der Waals surface area contributed by atoms with Gasteiger partial charge in [0.1, 0.15) is 0 Å². The molecule has 1 unspecified atom stereocenters. The Bertz CT molecular complexity index is 195. The number of hydrogen-bond acceptors (Lipinski definition) is 2. The zero-order valence-electron chi connectivity index (χ0n) is 10.3. The van der Waals surface area contributed by atoms with Crippen LogP contribution in [0.15, 0.2) is 0 Å². The summed E-state index contributed by atoms with van der Waals surface area (Å²) in [4.78, 5) is 0. The Kier molecular flexibility index (Phi) is 3.68. The van der Waals surface area contributed by atoms with Gasteiger partial charge in [-0.2, -0.15) is 0 Å². The van der Waals surface area contributed by atoms with Gasteiger partial charge >= 0.3 is 0 Å². The maximum Gasteiger partial charge on any atom is 0.00938 e. The second kappa shape index (κ2) is 4.84. The number of piperidine rings is 1. The molecule has 0 aromatic heterocycles. The highest BCUT2D eigenvalue weighted by Gasteiger charge is 2.29. The smallest absolute Gasteiger partial charge is 0.00938 e. The molecule has 0 aromatic rings. The third-order valence-electron chi connectivity index (χ3n) is 4.02. The van der Waals surface area contributed by atoms with Crippen molar-refractivity contribution in [2.45, 2.75) is 64.5 Å². The average Bonchev–Trinajstić information content (AvgIpc) is 2.17. The molecule has 2 nitrogen and oxygen atoms in total. The highest BCUT2D eigenvalue weighted by Crippen LogP contribution is 2.35. The molecular weight excluding hydrogens is 184 g/mol. The Morgan fingerprint density at radius 3 is 2.47 bits per heavy atom. The van der Waals surface area contributed by atoms with Gasteiger partial charge in [-0.25, -0.2) is 0 Å². The average molecular weight is 210 g/mol. The molecule has 1 saturated carbocycles. The molecule has 2 fully saturated rings. The molecule has 88 valence electrons. The molecule has 1 aliphatic carbocycles. The van der Waals surface area contributed by atoms with E-state index >= 15 is 0 Å². The minimum Gasteiger partial charge on any atom is -0.317 e. The Hall–Kier alpha value is -0.0800. The van der Waals surface area contributed by atoms with Gasteiger partial charge in [-0.3, -0.25) is 0 Å². The second-order valence-electron chi connectivity index (χ2n) is 6.15. The van der Waals surface area contributed by atoms with Crippen molar-refractivity contribution in [3.05, 3.63) is 0 Å². The van der Waals surface area contributed by atoms with Crippen molar-refractivity contribution < 1.29 is 0 Å². The van der Waals surface area contributed by atoms with Crippen LogP contribution in [-0.4, -0.2) is 25.2 Å². The molecule has 2 heteroatoms. The molecule has 1 saturated heterocycles. The summed E-state index contributed by atoms with van der Waals surface area (Å²) in [5, 5.41) is 7.30. The van der Waals surface area contributed by atoms with Gasteiger partial charge < -0.3 is 10.6 Å². The fourth-order valence-electron chi connectivity index (χ4n) is 3.16. The van der Waals surface area contributed by atoms with Crippen LogP contribution in [0, 0.1) is 5.41 Å². The van der Waals surface area contributed by atoms with Gasteiger partial charge in [0.2, 0.25) is 0 Å². The SMILES string of the molecule is CC1(C)CCCC(NC2CCNCC2)C1. The molecule has 0 amide bonds. The van der Waals surface area contributed by atoms with Gasteiger partial charge in [0.15, 0.2) is 0 Å². The van der Waals surface area contributed by atoms with Gasteiger partial charge in [-0.15, -0.1) is 0 Å². The predicted octanol–water partition coefficient (Wildman–Crippen LogP) is 2.30. The van der Waals surface area contributed by atoms with Gasteiger partial charge in [-0.05, 0) is 50.6 Å². The Morgan fingerprint density at radius 1 is 1.07 bits per heavy atom. The van der Waals surface area contributed by atoms with Gasteiger partial charge in [0.05, 0.1) is 0 Å². The van der Waals surface area contributed by atoms with E-state index in [1.165, 1.54) is 51.6 Å². The second-order valence-corrected chi connectivity index (χ2v) is 6.15. The van der Waals surface area contributed by atoms with Crippen LogP contribution in [0.1, 0.15) is 52.4 Å². The third-order valence-corrected chi connectivity index (χ3v) is 4.02. The van der Waals surface area contributed by atoms with Crippen LogP contribution < -0.4 is 10.6 Å². The van der Waals surface area contributed by atoms with Crippen LogP contribution in [0.4, 0.5) is 0 Å². The molecular formula is C13H26N2. The van der Waals surface area contributed by atoms with Crippen molar-refractivity contribution in [2.24, 2.45) is 5.41 Å². The molecule has 15 heavy (non-hydrogen) atoms. The summed E-state index contributed by atoms with van der Waals surface area (Å²) in [5.41, 5.74) is 0.572. The first-order valence-corrected chi connectivity index (χ1v) is 6.62. The monoisotopic (exact) mass is 210 g/mol. The molecule has 2 rings (SSSR count). The maximum absolute atomic E-state index is 3.87. The van der Waals surface area contributed by atoms with Crippen molar-refractivity contribution in [3.8, 4) is 0 Å². The van der Waals surface area contributed by atoms with Gasteiger partial charge in [0.25, 0.3) is 0 Å². The highest BCUT2D eigenvalue weighted by atomic mass is 15.0. The van der Waals surface area contributed by atoms with Gasteiger partial charge in [0, 0.05) is 12.1 Å². The van der Waals surface area contributed by atoms with E-state index in [1.54, 1.807) is 0 Å². The van der Waals surface area contributed by atoms with E-state index < -0.39 is 0 Å². The Balaban J connectivity index is 1.78. The van der Waals surface area contributed by atoms with Crippen LogP contribution in [0.3, 0.4) is 0 Å².